The van der Waals surface area contributed by atoms with Crippen molar-refractivity contribution in [2.75, 3.05) is 27.9 Å². The molecular formula is C7H13F5O4Si. The van der Waals surface area contributed by atoms with E-state index >= 15 is 0 Å². The van der Waals surface area contributed by atoms with Crippen LogP contribution in [0.1, 0.15) is 0 Å². The summed E-state index contributed by atoms with van der Waals surface area (Å²) in [6, 6.07) is -0.317. The molecule has 4 nitrogen and oxygen atoms in total. The number of alkyl halides is 5. The summed E-state index contributed by atoms with van der Waals surface area (Å²) in [5.41, 5.74) is 0. The van der Waals surface area contributed by atoms with Crippen LogP contribution in [-0.4, -0.2) is 49.0 Å². The molecule has 0 bridgehead atoms. The van der Waals surface area contributed by atoms with Crippen LogP contribution in [0.25, 0.3) is 0 Å². The van der Waals surface area contributed by atoms with E-state index in [0.717, 1.165) is 0 Å². The fourth-order valence-corrected chi connectivity index (χ4v) is 2.41. The molecule has 0 aromatic rings. The fraction of sp³-hybridized carbons (Fsp3) is 1.00. The van der Waals surface area contributed by atoms with Gasteiger partial charge in [-0.05, 0) is 0 Å². The van der Waals surface area contributed by atoms with Crippen molar-refractivity contribution in [3.63, 3.8) is 0 Å². The molecule has 0 N–H and O–H groups in total. The molecule has 0 fully saturated rings. The zero-order valence-electron chi connectivity index (χ0n) is 9.44. The smallest absolute Gasteiger partial charge is 0.377 e. The molecule has 0 radical (unpaired) electrons. The third kappa shape index (κ3) is 4.47. The van der Waals surface area contributed by atoms with E-state index in [-0.39, 0.29) is 6.04 Å². The first-order valence-corrected chi connectivity index (χ1v) is 6.31. The van der Waals surface area contributed by atoms with E-state index in [2.05, 4.69) is 4.74 Å². The van der Waals surface area contributed by atoms with E-state index in [4.69, 9.17) is 13.3 Å². The van der Waals surface area contributed by atoms with Gasteiger partial charge < -0.3 is 18.0 Å². The number of hydrogen-bond acceptors (Lipinski definition) is 4. The fourth-order valence-electron chi connectivity index (χ4n) is 0.942. The van der Waals surface area contributed by atoms with Gasteiger partial charge in [0.2, 0.25) is 0 Å². The average molecular weight is 284 g/mol. The van der Waals surface area contributed by atoms with Crippen LogP contribution in [0.15, 0.2) is 0 Å². The molecule has 0 aliphatic rings. The van der Waals surface area contributed by atoms with Crippen molar-refractivity contribution in [3.05, 3.63) is 0 Å². The van der Waals surface area contributed by atoms with Gasteiger partial charge in [-0.15, -0.1) is 0 Å². The molecule has 0 heterocycles. The normalized spacial score (nSPS) is 14.1. The molecular weight excluding hydrogens is 271 g/mol. The van der Waals surface area contributed by atoms with E-state index < -0.39 is 27.7 Å². The Morgan fingerprint density at radius 3 is 1.59 bits per heavy atom. The maximum absolute atomic E-state index is 12.4. The SMILES string of the molecule is CO[Si](CCOC(F)(F)C(F)(F)F)(OC)OC. The predicted molar refractivity (Wildman–Crippen MR) is 48.5 cm³/mol. The molecule has 0 saturated carbocycles. The van der Waals surface area contributed by atoms with Crippen LogP contribution in [0, 0.1) is 0 Å². The van der Waals surface area contributed by atoms with Crippen LogP contribution >= 0.6 is 0 Å². The van der Waals surface area contributed by atoms with Crippen LogP contribution in [-0.2, 0) is 18.0 Å². The van der Waals surface area contributed by atoms with Crippen molar-refractivity contribution in [1.82, 2.24) is 0 Å². The Hall–Kier alpha value is -0.293. The lowest BCUT2D eigenvalue weighted by Crippen LogP contribution is -2.45. The van der Waals surface area contributed by atoms with E-state index in [1.54, 1.807) is 0 Å². The Balaban J connectivity index is 4.32. The predicted octanol–water partition coefficient (Wildman–Crippen LogP) is 2.04. The zero-order chi connectivity index (χ0) is 13.7. The average Bonchev–Trinajstić information content (AvgIpc) is 2.23. The van der Waals surface area contributed by atoms with Crippen molar-refractivity contribution in [3.8, 4) is 0 Å². The van der Waals surface area contributed by atoms with Crippen LogP contribution in [0.5, 0.6) is 0 Å². The summed E-state index contributed by atoms with van der Waals surface area (Å²) in [6.45, 7) is -0.895. The van der Waals surface area contributed by atoms with Gasteiger partial charge in [0.25, 0.3) is 0 Å². The van der Waals surface area contributed by atoms with Crippen LogP contribution in [0.3, 0.4) is 0 Å². The van der Waals surface area contributed by atoms with E-state index in [1.807, 2.05) is 0 Å². The van der Waals surface area contributed by atoms with E-state index in [9.17, 15) is 22.0 Å². The number of halogens is 5. The molecule has 0 spiro atoms. The van der Waals surface area contributed by atoms with Gasteiger partial charge in [0.05, 0.1) is 6.61 Å². The topological polar surface area (TPSA) is 36.9 Å². The molecule has 0 amide bonds. The van der Waals surface area contributed by atoms with Gasteiger partial charge in [-0.2, -0.15) is 22.0 Å². The van der Waals surface area contributed by atoms with Crippen molar-refractivity contribution >= 4 is 8.80 Å². The summed E-state index contributed by atoms with van der Waals surface area (Å²) in [4.78, 5) is 0. The second-order valence-electron chi connectivity index (χ2n) is 2.91. The largest absolute Gasteiger partial charge is 0.502 e. The lowest BCUT2D eigenvalue weighted by Gasteiger charge is -2.25. The Morgan fingerprint density at radius 2 is 1.29 bits per heavy atom. The van der Waals surface area contributed by atoms with Gasteiger partial charge in [0.15, 0.2) is 0 Å². The second-order valence-corrected chi connectivity index (χ2v) is 6.00. The molecule has 0 aliphatic carbocycles. The molecule has 0 aliphatic heterocycles. The molecule has 0 rings (SSSR count). The molecule has 0 atom stereocenters. The maximum Gasteiger partial charge on any atom is 0.502 e. The van der Waals surface area contributed by atoms with Gasteiger partial charge in [-0.3, -0.25) is 0 Å². The van der Waals surface area contributed by atoms with Crippen molar-refractivity contribution in [2.45, 2.75) is 18.3 Å². The highest BCUT2D eigenvalue weighted by Crippen LogP contribution is 2.36. The molecule has 17 heavy (non-hydrogen) atoms. The Morgan fingerprint density at radius 1 is 0.882 bits per heavy atom. The molecule has 0 aromatic carbocycles. The van der Waals surface area contributed by atoms with Crippen molar-refractivity contribution in [2.24, 2.45) is 0 Å². The third-order valence-electron chi connectivity index (χ3n) is 1.95. The molecule has 10 heteroatoms. The first kappa shape index (κ1) is 16.7. The first-order chi connectivity index (χ1) is 7.64. The monoisotopic (exact) mass is 284 g/mol. The number of hydrogen-bond donors (Lipinski definition) is 0. The quantitative estimate of drug-likeness (QED) is 0.529. The summed E-state index contributed by atoms with van der Waals surface area (Å²) in [7, 11) is 0.426. The summed E-state index contributed by atoms with van der Waals surface area (Å²) < 4.78 is 77.9. The van der Waals surface area contributed by atoms with Crippen LogP contribution in [0.4, 0.5) is 22.0 Å². The molecule has 0 aromatic heterocycles. The van der Waals surface area contributed by atoms with Crippen LogP contribution < -0.4 is 0 Å². The summed E-state index contributed by atoms with van der Waals surface area (Å²) >= 11 is 0. The number of ether oxygens (including phenoxy) is 1. The Labute approximate surface area is 96.0 Å². The highest BCUT2D eigenvalue weighted by Gasteiger charge is 2.59. The first-order valence-electron chi connectivity index (χ1n) is 4.38. The maximum atomic E-state index is 12.4. The summed E-state index contributed by atoms with van der Waals surface area (Å²) in [5.74, 6) is 0. The highest BCUT2D eigenvalue weighted by molar-refractivity contribution is 6.60. The van der Waals surface area contributed by atoms with Crippen molar-refractivity contribution in [1.29, 1.82) is 0 Å². The Kier molecular flexibility index (Phi) is 5.94. The number of rotatable bonds is 7. The van der Waals surface area contributed by atoms with E-state index in [1.165, 1.54) is 21.3 Å². The third-order valence-corrected chi connectivity index (χ3v) is 4.64. The Bertz CT molecular complexity index is 221. The molecule has 0 unspecified atom stereocenters. The van der Waals surface area contributed by atoms with Gasteiger partial charge in [-0.25, -0.2) is 0 Å². The minimum atomic E-state index is -5.75. The minimum Gasteiger partial charge on any atom is -0.377 e. The van der Waals surface area contributed by atoms with Crippen molar-refractivity contribution < 1.29 is 40.0 Å². The van der Waals surface area contributed by atoms with Gasteiger partial charge in [-0.1, -0.05) is 0 Å². The van der Waals surface area contributed by atoms with Gasteiger partial charge >= 0.3 is 21.1 Å². The standard InChI is InChI=1S/C7H13F5O4Si/c1-13-17(14-2,15-3)5-4-16-7(11,12)6(8,9)10/h4-5H2,1-3H3. The van der Waals surface area contributed by atoms with E-state index in [0.29, 0.717) is 0 Å². The summed E-state index contributed by atoms with van der Waals surface area (Å²) in [5, 5.41) is 0. The summed E-state index contributed by atoms with van der Waals surface area (Å²) in [6.07, 6.45) is -10.9. The van der Waals surface area contributed by atoms with Crippen LogP contribution in [0.2, 0.25) is 6.04 Å². The molecule has 0 saturated heterocycles. The van der Waals surface area contributed by atoms with Gasteiger partial charge in [0, 0.05) is 27.4 Å². The lowest BCUT2D eigenvalue weighted by molar-refractivity contribution is -0.390. The minimum absolute atomic E-state index is 0.317. The van der Waals surface area contributed by atoms with Gasteiger partial charge in [0.1, 0.15) is 0 Å². The highest BCUT2D eigenvalue weighted by atomic mass is 28.4. The molecule has 104 valence electrons. The second kappa shape index (κ2) is 6.04. The lowest BCUT2D eigenvalue weighted by atomic mass is 10.6. The zero-order valence-corrected chi connectivity index (χ0v) is 10.4.